The molecule has 0 saturated heterocycles. The zero-order valence-electron chi connectivity index (χ0n) is 6.94. The summed E-state index contributed by atoms with van der Waals surface area (Å²) in [5.74, 6) is 5.40. The number of carbonyl (C=O) groups excluding carboxylic acids is 1. The average Bonchev–Trinajstić information content (AvgIpc) is 2.04. The molecule has 0 spiro atoms. The maximum absolute atomic E-state index is 10.5. The summed E-state index contributed by atoms with van der Waals surface area (Å²) < 4.78 is 4.42. The second-order valence-corrected chi connectivity index (χ2v) is 1.93. The molecule has 3 heteroatoms. The van der Waals surface area contributed by atoms with Crippen molar-refractivity contribution in [3.63, 3.8) is 0 Å². The lowest BCUT2D eigenvalue weighted by Crippen LogP contribution is -2.24. The number of hydrogen-bond acceptors (Lipinski definition) is 3. The fraction of sp³-hybridized carbons (Fsp3) is 0.625. The first kappa shape index (κ1) is 9.99. The van der Waals surface area contributed by atoms with Gasteiger partial charge in [0.2, 0.25) is 0 Å². The van der Waals surface area contributed by atoms with Crippen LogP contribution >= 0.6 is 0 Å². The van der Waals surface area contributed by atoms with Gasteiger partial charge in [0.1, 0.15) is 0 Å². The van der Waals surface area contributed by atoms with Crippen molar-refractivity contribution in [2.75, 3.05) is 20.2 Å². The van der Waals surface area contributed by atoms with Gasteiger partial charge in [0.05, 0.1) is 13.7 Å². The quantitative estimate of drug-likeness (QED) is 0.357. The van der Waals surface area contributed by atoms with E-state index in [1.807, 2.05) is 0 Å². The molecule has 0 amide bonds. The van der Waals surface area contributed by atoms with Gasteiger partial charge in [0, 0.05) is 13.0 Å². The summed E-state index contributed by atoms with van der Waals surface area (Å²) in [5.41, 5.74) is 0. The van der Waals surface area contributed by atoms with Crippen LogP contribution in [0.25, 0.3) is 0 Å². The maximum Gasteiger partial charge on any atom is 0.319 e. The van der Waals surface area contributed by atoms with Crippen molar-refractivity contribution in [1.29, 1.82) is 0 Å². The first-order valence-electron chi connectivity index (χ1n) is 3.48. The van der Waals surface area contributed by atoms with E-state index in [0.29, 0.717) is 0 Å². The Labute approximate surface area is 67.1 Å². The number of rotatable bonds is 4. The van der Waals surface area contributed by atoms with Gasteiger partial charge in [0.15, 0.2) is 0 Å². The lowest BCUT2D eigenvalue weighted by molar-refractivity contribution is -0.139. The third-order valence-electron chi connectivity index (χ3n) is 1.10. The number of carbonyl (C=O) groups is 1. The Morgan fingerprint density at radius 3 is 2.91 bits per heavy atom. The average molecular weight is 155 g/mol. The van der Waals surface area contributed by atoms with E-state index in [0.717, 1.165) is 13.0 Å². The molecule has 0 aromatic carbocycles. The minimum Gasteiger partial charge on any atom is -0.468 e. The van der Waals surface area contributed by atoms with Crippen LogP contribution in [0.5, 0.6) is 0 Å². The normalized spacial score (nSPS) is 8.18. The van der Waals surface area contributed by atoms with E-state index in [2.05, 4.69) is 21.9 Å². The van der Waals surface area contributed by atoms with Crippen LogP contribution in [0.1, 0.15) is 13.3 Å². The monoisotopic (exact) mass is 155 g/mol. The summed E-state index contributed by atoms with van der Waals surface area (Å²) in [6.45, 7) is 2.79. The minimum absolute atomic E-state index is 0.241. The molecule has 0 aromatic rings. The Morgan fingerprint density at radius 1 is 1.64 bits per heavy atom. The molecule has 0 heterocycles. The summed E-state index contributed by atoms with van der Waals surface area (Å²) in [5, 5.41) is 2.89. The molecule has 0 fully saturated rings. The summed E-state index contributed by atoms with van der Waals surface area (Å²) in [7, 11) is 1.37. The summed E-state index contributed by atoms with van der Waals surface area (Å²) in [6, 6.07) is 0. The van der Waals surface area contributed by atoms with Gasteiger partial charge >= 0.3 is 5.97 Å². The van der Waals surface area contributed by atoms with Crippen LogP contribution < -0.4 is 5.32 Å². The number of ether oxygens (including phenoxy) is 1. The van der Waals surface area contributed by atoms with Crippen molar-refractivity contribution in [2.24, 2.45) is 0 Å². The first-order valence-corrected chi connectivity index (χ1v) is 3.48. The Balaban J connectivity index is 3.12. The Bertz CT molecular complexity index is 167. The smallest absolute Gasteiger partial charge is 0.319 e. The van der Waals surface area contributed by atoms with Crippen LogP contribution in [-0.4, -0.2) is 26.2 Å². The molecule has 0 aromatic heterocycles. The van der Waals surface area contributed by atoms with Crippen molar-refractivity contribution >= 4 is 5.97 Å². The molecular formula is C8H13NO2. The van der Waals surface area contributed by atoms with Crippen LogP contribution in [0, 0.1) is 11.8 Å². The Morgan fingerprint density at radius 2 is 2.36 bits per heavy atom. The number of hydrogen-bond donors (Lipinski definition) is 1. The lowest BCUT2D eigenvalue weighted by Gasteiger charge is -1.98. The largest absolute Gasteiger partial charge is 0.468 e. The van der Waals surface area contributed by atoms with Gasteiger partial charge < -0.3 is 10.1 Å². The Kier molecular flexibility index (Phi) is 6.45. The molecule has 0 aliphatic heterocycles. The van der Waals surface area contributed by atoms with Gasteiger partial charge in [-0.25, -0.2) is 0 Å². The topological polar surface area (TPSA) is 38.3 Å². The van der Waals surface area contributed by atoms with E-state index >= 15 is 0 Å². The lowest BCUT2D eigenvalue weighted by atomic mass is 10.4. The molecule has 0 atom stereocenters. The van der Waals surface area contributed by atoms with Crippen LogP contribution in [-0.2, 0) is 9.53 Å². The minimum atomic E-state index is -0.241. The highest BCUT2D eigenvalue weighted by molar-refractivity contribution is 5.71. The molecule has 1 N–H and O–H groups in total. The first-order chi connectivity index (χ1) is 5.31. The third-order valence-corrected chi connectivity index (χ3v) is 1.10. The molecule has 0 saturated carbocycles. The molecule has 0 bridgehead atoms. The predicted octanol–water partition coefficient (Wildman–Crippen LogP) is 0.162. The predicted molar refractivity (Wildman–Crippen MR) is 43.0 cm³/mol. The fourth-order valence-corrected chi connectivity index (χ4v) is 0.539. The molecule has 0 aliphatic carbocycles. The number of nitrogens with one attached hydrogen (secondary N) is 1. The molecule has 62 valence electrons. The van der Waals surface area contributed by atoms with E-state index in [4.69, 9.17) is 0 Å². The zero-order chi connectivity index (χ0) is 8.53. The standard InChI is InChI=1S/C8H13NO2/c1-3-4-5-6-9-7-8(10)11-2/h9H,5-7H2,1-2H3. The molecule has 0 radical (unpaired) electrons. The molecule has 3 nitrogen and oxygen atoms in total. The van der Waals surface area contributed by atoms with E-state index < -0.39 is 0 Å². The number of methoxy groups -OCH3 is 1. The fourth-order valence-electron chi connectivity index (χ4n) is 0.539. The van der Waals surface area contributed by atoms with Gasteiger partial charge in [-0.3, -0.25) is 4.79 Å². The summed E-state index contributed by atoms with van der Waals surface area (Å²) in [4.78, 5) is 10.5. The SMILES string of the molecule is CC#CCCNCC(=O)OC. The van der Waals surface area contributed by atoms with Crippen molar-refractivity contribution in [2.45, 2.75) is 13.3 Å². The Hall–Kier alpha value is -1.01. The van der Waals surface area contributed by atoms with Crippen molar-refractivity contribution in [3.05, 3.63) is 0 Å². The van der Waals surface area contributed by atoms with Crippen LogP contribution in [0.2, 0.25) is 0 Å². The van der Waals surface area contributed by atoms with Gasteiger partial charge in [-0.1, -0.05) is 0 Å². The second-order valence-electron chi connectivity index (χ2n) is 1.93. The molecule has 0 unspecified atom stereocenters. The van der Waals surface area contributed by atoms with Gasteiger partial charge in [-0.05, 0) is 6.92 Å². The maximum atomic E-state index is 10.5. The van der Waals surface area contributed by atoms with Crippen molar-refractivity contribution < 1.29 is 9.53 Å². The van der Waals surface area contributed by atoms with Crippen molar-refractivity contribution in [3.8, 4) is 11.8 Å². The summed E-state index contributed by atoms with van der Waals surface area (Å²) in [6.07, 6.45) is 0.771. The highest BCUT2D eigenvalue weighted by Gasteiger charge is 1.95. The third kappa shape index (κ3) is 6.88. The molecule has 0 aliphatic rings. The van der Waals surface area contributed by atoms with Crippen LogP contribution in [0.3, 0.4) is 0 Å². The van der Waals surface area contributed by atoms with Gasteiger partial charge in [-0.15, -0.1) is 11.8 Å². The highest BCUT2D eigenvalue weighted by Crippen LogP contribution is 1.73. The second kappa shape index (κ2) is 7.10. The molecular weight excluding hydrogens is 142 g/mol. The van der Waals surface area contributed by atoms with E-state index in [9.17, 15) is 4.79 Å². The molecule has 0 rings (SSSR count). The van der Waals surface area contributed by atoms with Gasteiger partial charge in [0.25, 0.3) is 0 Å². The highest BCUT2D eigenvalue weighted by atomic mass is 16.5. The van der Waals surface area contributed by atoms with E-state index in [1.165, 1.54) is 7.11 Å². The van der Waals surface area contributed by atoms with Gasteiger partial charge in [-0.2, -0.15) is 0 Å². The molecule has 11 heavy (non-hydrogen) atoms. The zero-order valence-corrected chi connectivity index (χ0v) is 6.94. The number of esters is 1. The van der Waals surface area contributed by atoms with Crippen LogP contribution in [0.4, 0.5) is 0 Å². The van der Waals surface area contributed by atoms with Crippen LogP contribution in [0.15, 0.2) is 0 Å². The summed E-state index contributed by atoms with van der Waals surface area (Å²) >= 11 is 0. The van der Waals surface area contributed by atoms with E-state index in [1.54, 1.807) is 6.92 Å². The van der Waals surface area contributed by atoms with Crippen molar-refractivity contribution in [1.82, 2.24) is 5.32 Å². The van der Waals surface area contributed by atoms with E-state index in [-0.39, 0.29) is 12.5 Å².